The molecule has 0 aliphatic rings. The summed E-state index contributed by atoms with van der Waals surface area (Å²) >= 11 is 9.57. The van der Waals surface area contributed by atoms with Gasteiger partial charge >= 0.3 is 0 Å². The van der Waals surface area contributed by atoms with E-state index in [9.17, 15) is 0 Å². The maximum atomic E-state index is 6.03. The molecule has 102 valence electrons. The average Bonchev–Trinajstić information content (AvgIpc) is 2.77. The van der Waals surface area contributed by atoms with Crippen molar-refractivity contribution in [1.29, 1.82) is 0 Å². The second-order valence-corrected chi connectivity index (χ2v) is 6.05. The van der Waals surface area contributed by atoms with Crippen LogP contribution in [0.4, 0.5) is 5.69 Å². The first-order chi connectivity index (χ1) is 9.65. The number of aryl methyl sites for hydroxylation is 1. The Hall–Kier alpha value is -1.45. The molecule has 1 N–H and O–H groups in total. The maximum absolute atomic E-state index is 6.03. The Morgan fingerprint density at radius 1 is 1.20 bits per heavy atom. The Kier molecular flexibility index (Phi) is 3.72. The molecular formula is C16H14BrClN2. The summed E-state index contributed by atoms with van der Waals surface area (Å²) < 4.78 is 3.17. The first-order valence-corrected chi connectivity index (χ1v) is 7.54. The molecule has 1 heterocycles. The molecule has 0 fully saturated rings. The second kappa shape index (κ2) is 5.51. The van der Waals surface area contributed by atoms with E-state index in [0.717, 1.165) is 21.7 Å². The fourth-order valence-corrected chi connectivity index (χ4v) is 2.95. The molecule has 0 bridgehead atoms. The predicted octanol–water partition coefficient (Wildman–Crippen LogP) is 5.21. The van der Waals surface area contributed by atoms with E-state index in [1.54, 1.807) is 0 Å². The van der Waals surface area contributed by atoms with Crippen molar-refractivity contribution in [2.45, 2.75) is 6.54 Å². The van der Waals surface area contributed by atoms with Crippen molar-refractivity contribution in [1.82, 2.24) is 4.57 Å². The van der Waals surface area contributed by atoms with Crippen LogP contribution in [-0.2, 0) is 13.6 Å². The summed E-state index contributed by atoms with van der Waals surface area (Å²) in [6.07, 6.45) is 2.16. The molecule has 0 radical (unpaired) electrons. The van der Waals surface area contributed by atoms with E-state index < -0.39 is 0 Å². The number of benzene rings is 2. The first-order valence-electron chi connectivity index (χ1n) is 6.37. The van der Waals surface area contributed by atoms with Crippen LogP contribution in [0.15, 0.2) is 53.1 Å². The molecule has 4 heteroatoms. The summed E-state index contributed by atoms with van der Waals surface area (Å²) in [5.74, 6) is 0. The van der Waals surface area contributed by atoms with Gasteiger partial charge in [-0.15, -0.1) is 0 Å². The number of halogens is 2. The quantitative estimate of drug-likeness (QED) is 0.687. The molecule has 20 heavy (non-hydrogen) atoms. The monoisotopic (exact) mass is 348 g/mol. The zero-order chi connectivity index (χ0) is 14.1. The fraction of sp³-hybridized carbons (Fsp3) is 0.125. The number of nitrogens with zero attached hydrogens (tertiary/aromatic N) is 1. The van der Waals surface area contributed by atoms with Crippen molar-refractivity contribution < 1.29 is 0 Å². The Morgan fingerprint density at radius 3 is 2.85 bits per heavy atom. The van der Waals surface area contributed by atoms with E-state index >= 15 is 0 Å². The lowest BCUT2D eigenvalue weighted by Crippen LogP contribution is -1.99. The predicted molar refractivity (Wildman–Crippen MR) is 89.4 cm³/mol. The molecule has 0 saturated heterocycles. The van der Waals surface area contributed by atoms with Gasteiger partial charge in [-0.1, -0.05) is 29.8 Å². The van der Waals surface area contributed by atoms with Gasteiger partial charge in [0.1, 0.15) is 0 Å². The third kappa shape index (κ3) is 2.56. The number of hydrogen-bond acceptors (Lipinski definition) is 1. The van der Waals surface area contributed by atoms with E-state index in [-0.39, 0.29) is 0 Å². The number of fused-ring (bicyclic) bond motifs is 1. The van der Waals surface area contributed by atoms with Gasteiger partial charge in [0.05, 0.1) is 5.69 Å². The Morgan fingerprint density at radius 2 is 2.00 bits per heavy atom. The second-order valence-electron chi connectivity index (χ2n) is 4.76. The molecule has 0 unspecified atom stereocenters. The lowest BCUT2D eigenvalue weighted by molar-refractivity contribution is 0.955. The molecule has 2 aromatic carbocycles. The first kappa shape index (κ1) is 13.5. The van der Waals surface area contributed by atoms with Crippen LogP contribution >= 0.6 is 27.5 Å². The van der Waals surface area contributed by atoms with Crippen LogP contribution in [0, 0.1) is 0 Å². The summed E-state index contributed by atoms with van der Waals surface area (Å²) in [6.45, 7) is 0.764. The molecule has 0 spiro atoms. The number of aromatic nitrogens is 1. The molecule has 1 aromatic heterocycles. The van der Waals surface area contributed by atoms with Crippen LogP contribution in [0.25, 0.3) is 10.9 Å². The van der Waals surface area contributed by atoms with Crippen molar-refractivity contribution >= 4 is 44.1 Å². The van der Waals surface area contributed by atoms with Gasteiger partial charge in [-0.25, -0.2) is 0 Å². The van der Waals surface area contributed by atoms with Crippen molar-refractivity contribution in [2.24, 2.45) is 7.05 Å². The zero-order valence-electron chi connectivity index (χ0n) is 11.0. The summed E-state index contributed by atoms with van der Waals surface area (Å²) in [7, 11) is 2.07. The number of rotatable bonds is 3. The Balaban J connectivity index is 1.89. The van der Waals surface area contributed by atoms with Crippen LogP contribution in [0.5, 0.6) is 0 Å². The summed E-state index contributed by atoms with van der Waals surface area (Å²) in [5, 5.41) is 5.44. The van der Waals surface area contributed by atoms with Gasteiger partial charge in [0.15, 0.2) is 0 Å². The molecule has 0 amide bonds. The highest BCUT2D eigenvalue weighted by molar-refractivity contribution is 9.10. The van der Waals surface area contributed by atoms with Gasteiger partial charge in [-0.05, 0) is 45.8 Å². The molecule has 3 aromatic rings. The normalized spacial score (nSPS) is 10.9. The highest BCUT2D eigenvalue weighted by atomic mass is 79.9. The third-order valence-electron chi connectivity index (χ3n) is 3.38. The summed E-state index contributed by atoms with van der Waals surface area (Å²) in [4.78, 5) is 0. The van der Waals surface area contributed by atoms with Crippen LogP contribution in [0.2, 0.25) is 5.02 Å². The van der Waals surface area contributed by atoms with E-state index in [1.807, 2.05) is 18.2 Å². The molecular weight excluding hydrogens is 336 g/mol. The number of hydrogen-bond donors (Lipinski definition) is 1. The molecule has 2 nitrogen and oxygen atoms in total. The van der Waals surface area contributed by atoms with Crippen LogP contribution < -0.4 is 5.32 Å². The standard InChI is InChI=1S/C16H14BrClN2/c1-20-10-11(13-4-2-3-5-16(13)20)9-19-15-8-12(18)6-7-14(15)17/h2-8,10,19H,9H2,1H3. The topological polar surface area (TPSA) is 17.0 Å². The van der Waals surface area contributed by atoms with E-state index in [0.29, 0.717) is 0 Å². The molecule has 3 rings (SSSR count). The van der Waals surface area contributed by atoms with Crippen molar-refractivity contribution in [3.05, 3.63) is 63.7 Å². The highest BCUT2D eigenvalue weighted by Crippen LogP contribution is 2.27. The largest absolute Gasteiger partial charge is 0.380 e. The van der Waals surface area contributed by atoms with Gasteiger partial charge in [0, 0.05) is 40.2 Å². The molecule has 0 saturated carbocycles. The van der Waals surface area contributed by atoms with Crippen LogP contribution in [0.3, 0.4) is 0 Å². The fourth-order valence-electron chi connectivity index (χ4n) is 2.39. The molecule has 0 aliphatic heterocycles. The van der Waals surface area contributed by atoms with Crippen LogP contribution in [-0.4, -0.2) is 4.57 Å². The number of nitrogens with one attached hydrogen (secondary N) is 1. The Bertz CT molecular complexity index is 764. The SMILES string of the molecule is Cn1cc(CNc2cc(Cl)ccc2Br)c2ccccc21. The lowest BCUT2D eigenvalue weighted by atomic mass is 10.2. The van der Waals surface area contributed by atoms with Gasteiger partial charge < -0.3 is 9.88 Å². The minimum atomic E-state index is 0.730. The lowest BCUT2D eigenvalue weighted by Gasteiger charge is -2.08. The van der Waals surface area contributed by atoms with E-state index in [4.69, 9.17) is 11.6 Å². The van der Waals surface area contributed by atoms with Gasteiger partial charge in [0.2, 0.25) is 0 Å². The minimum absolute atomic E-state index is 0.730. The smallest absolute Gasteiger partial charge is 0.0502 e. The highest BCUT2D eigenvalue weighted by Gasteiger charge is 2.06. The maximum Gasteiger partial charge on any atom is 0.0502 e. The third-order valence-corrected chi connectivity index (χ3v) is 4.30. The van der Waals surface area contributed by atoms with E-state index in [2.05, 4.69) is 63.3 Å². The van der Waals surface area contributed by atoms with Crippen molar-refractivity contribution in [3.8, 4) is 0 Å². The van der Waals surface area contributed by atoms with Crippen molar-refractivity contribution in [2.75, 3.05) is 5.32 Å². The minimum Gasteiger partial charge on any atom is -0.380 e. The number of anilines is 1. The van der Waals surface area contributed by atoms with E-state index in [1.165, 1.54) is 16.5 Å². The van der Waals surface area contributed by atoms with Gasteiger partial charge in [-0.2, -0.15) is 0 Å². The molecule has 0 atom stereocenters. The Labute approximate surface area is 131 Å². The molecule has 0 aliphatic carbocycles. The summed E-state index contributed by atoms with van der Waals surface area (Å²) in [5.41, 5.74) is 3.52. The number of para-hydroxylation sites is 1. The summed E-state index contributed by atoms with van der Waals surface area (Å²) in [6, 6.07) is 14.2. The van der Waals surface area contributed by atoms with Crippen molar-refractivity contribution in [3.63, 3.8) is 0 Å². The van der Waals surface area contributed by atoms with Gasteiger partial charge in [0.25, 0.3) is 0 Å². The van der Waals surface area contributed by atoms with Gasteiger partial charge in [-0.3, -0.25) is 0 Å². The zero-order valence-corrected chi connectivity index (χ0v) is 13.4. The average molecular weight is 350 g/mol. The van der Waals surface area contributed by atoms with Crippen LogP contribution in [0.1, 0.15) is 5.56 Å².